The predicted molar refractivity (Wildman–Crippen MR) is 116 cm³/mol. The summed E-state index contributed by atoms with van der Waals surface area (Å²) in [4.78, 5) is 35.8. The normalized spacial score (nSPS) is 21.0. The number of rotatable bonds is 5. The van der Waals surface area contributed by atoms with Crippen molar-refractivity contribution in [2.24, 2.45) is 0 Å². The van der Waals surface area contributed by atoms with Gasteiger partial charge < -0.3 is 14.5 Å². The third-order valence-corrected chi connectivity index (χ3v) is 6.92. The van der Waals surface area contributed by atoms with Gasteiger partial charge >= 0.3 is 0 Å². The molecule has 0 N–H and O–H groups in total. The number of amides is 2. The number of pyridine rings is 1. The molecule has 0 bridgehead atoms. The number of hydrogen-bond donors (Lipinski definition) is 0. The average molecular weight is 428 g/mol. The van der Waals surface area contributed by atoms with Gasteiger partial charge in [0.15, 0.2) is 0 Å². The van der Waals surface area contributed by atoms with Gasteiger partial charge in [-0.05, 0) is 43.5 Å². The van der Waals surface area contributed by atoms with Gasteiger partial charge in [0.05, 0.1) is 17.6 Å². The van der Waals surface area contributed by atoms with Crippen LogP contribution in [0.3, 0.4) is 0 Å². The molecule has 1 saturated heterocycles. The van der Waals surface area contributed by atoms with Gasteiger partial charge in [0.2, 0.25) is 5.91 Å². The molecule has 2 fully saturated rings. The molecule has 1 saturated carbocycles. The first kappa shape index (κ1) is 21.0. The zero-order chi connectivity index (χ0) is 20.9. The van der Waals surface area contributed by atoms with Crippen molar-refractivity contribution in [1.29, 1.82) is 0 Å². The molecule has 2 aliphatic rings. The SMILES string of the molecule is Cc1ccc(C(=O)N2CC(=O)N(C3CCCCC3)C[C@@H](OCc3cccnc3)C2)s1. The monoisotopic (exact) mass is 427 g/mol. The van der Waals surface area contributed by atoms with Crippen LogP contribution in [0, 0.1) is 6.92 Å². The van der Waals surface area contributed by atoms with Crippen molar-refractivity contribution in [3.8, 4) is 0 Å². The Morgan fingerprint density at radius 3 is 2.73 bits per heavy atom. The molecule has 3 heterocycles. The molecule has 2 aromatic heterocycles. The smallest absolute Gasteiger partial charge is 0.264 e. The van der Waals surface area contributed by atoms with Crippen molar-refractivity contribution >= 4 is 23.2 Å². The Hall–Kier alpha value is -2.25. The molecule has 2 aromatic rings. The Kier molecular flexibility index (Phi) is 6.79. The highest BCUT2D eigenvalue weighted by atomic mass is 32.1. The van der Waals surface area contributed by atoms with Gasteiger partial charge in [-0.2, -0.15) is 0 Å². The first-order valence-electron chi connectivity index (χ1n) is 10.8. The Labute approximate surface area is 181 Å². The molecule has 30 heavy (non-hydrogen) atoms. The number of aromatic nitrogens is 1. The third-order valence-electron chi connectivity index (χ3n) is 5.93. The molecule has 0 unspecified atom stereocenters. The summed E-state index contributed by atoms with van der Waals surface area (Å²) in [5.41, 5.74) is 0.990. The highest BCUT2D eigenvalue weighted by molar-refractivity contribution is 7.13. The summed E-state index contributed by atoms with van der Waals surface area (Å²) in [6.07, 6.45) is 8.95. The fourth-order valence-corrected chi connectivity index (χ4v) is 5.19. The van der Waals surface area contributed by atoms with E-state index in [-0.39, 0.29) is 30.5 Å². The van der Waals surface area contributed by atoms with Gasteiger partial charge in [-0.3, -0.25) is 14.6 Å². The number of nitrogens with zero attached hydrogens (tertiary/aromatic N) is 3. The highest BCUT2D eigenvalue weighted by Gasteiger charge is 2.35. The molecule has 4 rings (SSSR count). The van der Waals surface area contributed by atoms with Crippen LogP contribution in [0.5, 0.6) is 0 Å². The lowest BCUT2D eigenvalue weighted by Crippen LogP contribution is -2.46. The van der Waals surface area contributed by atoms with Gasteiger partial charge in [-0.25, -0.2) is 0 Å². The molecule has 0 aromatic carbocycles. The van der Waals surface area contributed by atoms with Gasteiger partial charge in [0.1, 0.15) is 6.54 Å². The van der Waals surface area contributed by atoms with Crippen LogP contribution in [0.25, 0.3) is 0 Å². The van der Waals surface area contributed by atoms with E-state index in [1.165, 1.54) is 17.8 Å². The van der Waals surface area contributed by atoms with Crippen LogP contribution in [-0.2, 0) is 16.1 Å². The van der Waals surface area contributed by atoms with Gasteiger partial charge in [0.25, 0.3) is 5.91 Å². The van der Waals surface area contributed by atoms with E-state index in [4.69, 9.17) is 4.74 Å². The van der Waals surface area contributed by atoms with E-state index in [1.807, 2.05) is 36.1 Å². The summed E-state index contributed by atoms with van der Waals surface area (Å²) in [7, 11) is 0. The summed E-state index contributed by atoms with van der Waals surface area (Å²) < 4.78 is 6.22. The van der Waals surface area contributed by atoms with E-state index in [9.17, 15) is 9.59 Å². The van der Waals surface area contributed by atoms with Crippen molar-refractivity contribution in [2.45, 2.75) is 57.8 Å². The largest absolute Gasteiger partial charge is 0.370 e. The minimum Gasteiger partial charge on any atom is -0.370 e. The fourth-order valence-electron chi connectivity index (χ4n) is 4.35. The number of carbonyl (C=O) groups excluding carboxylic acids is 2. The highest BCUT2D eigenvalue weighted by Crippen LogP contribution is 2.26. The lowest BCUT2D eigenvalue weighted by Gasteiger charge is -2.34. The van der Waals surface area contributed by atoms with Crippen molar-refractivity contribution in [2.75, 3.05) is 19.6 Å². The second kappa shape index (κ2) is 9.71. The van der Waals surface area contributed by atoms with E-state index in [2.05, 4.69) is 4.98 Å². The van der Waals surface area contributed by atoms with E-state index in [0.717, 1.165) is 36.1 Å². The van der Waals surface area contributed by atoms with Gasteiger partial charge in [-0.15, -0.1) is 11.3 Å². The van der Waals surface area contributed by atoms with Crippen LogP contribution in [0.1, 0.15) is 52.2 Å². The van der Waals surface area contributed by atoms with Crippen LogP contribution in [0.2, 0.25) is 0 Å². The molecule has 0 spiro atoms. The number of carbonyl (C=O) groups is 2. The maximum Gasteiger partial charge on any atom is 0.264 e. The lowest BCUT2D eigenvalue weighted by molar-refractivity contribution is -0.134. The average Bonchev–Trinajstić information content (AvgIpc) is 3.14. The van der Waals surface area contributed by atoms with Gasteiger partial charge in [0, 0.05) is 36.4 Å². The van der Waals surface area contributed by atoms with Crippen molar-refractivity contribution in [1.82, 2.24) is 14.8 Å². The Balaban J connectivity index is 1.52. The molecule has 1 atom stereocenters. The summed E-state index contributed by atoms with van der Waals surface area (Å²) in [5.74, 6) is -0.0436. The Morgan fingerprint density at radius 1 is 1.20 bits per heavy atom. The zero-order valence-electron chi connectivity index (χ0n) is 17.5. The Bertz CT molecular complexity index is 864. The molecule has 6 nitrogen and oxygen atoms in total. The zero-order valence-corrected chi connectivity index (χ0v) is 18.3. The minimum atomic E-state index is -0.219. The van der Waals surface area contributed by atoms with Crippen LogP contribution < -0.4 is 0 Å². The van der Waals surface area contributed by atoms with Crippen molar-refractivity contribution in [3.05, 3.63) is 52.0 Å². The molecular weight excluding hydrogens is 398 g/mol. The van der Waals surface area contributed by atoms with Crippen molar-refractivity contribution in [3.63, 3.8) is 0 Å². The third kappa shape index (κ3) is 5.08. The molecule has 1 aliphatic carbocycles. The molecule has 2 amide bonds. The summed E-state index contributed by atoms with van der Waals surface area (Å²) in [6, 6.07) is 7.92. The van der Waals surface area contributed by atoms with Gasteiger partial charge in [-0.1, -0.05) is 25.3 Å². The standard InChI is InChI=1S/C23H29N3O3S/c1-17-9-10-21(30-17)23(28)25-13-20(29-16-18-6-5-11-24-12-18)14-26(22(27)15-25)19-7-3-2-4-8-19/h5-6,9-12,19-20H,2-4,7-8,13-16H2,1H3/t20-/m0/s1. The molecule has 1 aliphatic heterocycles. The number of hydrogen-bond acceptors (Lipinski definition) is 5. The number of thiophene rings is 1. The summed E-state index contributed by atoms with van der Waals surface area (Å²) >= 11 is 1.47. The molecule has 160 valence electrons. The Morgan fingerprint density at radius 2 is 2.03 bits per heavy atom. The number of ether oxygens (including phenoxy) is 1. The predicted octanol–water partition coefficient (Wildman–Crippen LogP) is 3.65. The second-order valence-electron chi connectivity index (χ2n) is 8.23. The van der Waals surface area contributed by atoms with E-state index in [0.29, 0.717) is 24.6 Å². The fraction of sp³-hybridized carbons (Fsp3) is 0.522. The second-order valence-corrected chi connectivity index (χ2v) is 9.52. The molecular formula is C23H29N3O3S. The van der Waals surface area contributed by atoms with Crippen LogP contribution >= 0.6 is 11.3 Å². The lowest BCUT2D eigenvalue weighted by atomic mass is 9.94. The topological polar surface area (TPSA) is 62.7 Å². The molecule has 0 radical (unpaired) electrons. The van der Waals surface area contributed by atoms with E-state index < -0.39 is 0 Å². The number of aryl methyl sites for hydroxylation is 1. The summed E-state index contributed by atoms with van der Waals surface area (Å²) in [6.45, 7) is 3.49. The first-order chi connectivity index (χ1) is 14.6. The van der Waals surface area contributed by atoms with Crippen molar-refractivity contribution < 1.29 is 14.3 Å². The van der Waals surface area contributed by atoms with E-state index in [1.54, 1.807) is 17.3 Å². The maximum atomic E-state index is 13.2. The van der Waals surface area contributed by atoms with Crippen LogP contribution in [0.15, 0.2) is 36.7 Å². The minimum absolute atomic E-state index is 0.0380. The van der Waals surface area contributed by atoms with Crippen LogP contribution in [0.4, 0.5) is 0 Å². The first-order valence-corrected chi connectivity index (χ1v) is 11.6. The maximum absolute atomic E-state index is 13.2. The summed E-state index contributed by atoms with van der Waals surface area (Å²) in [5, 5.41) is 0. The quantitative estimate of drug-likeness (QED) is 0.731. The molecule has 7 heteroatoms. The van der Waals surface area contributed by atoms with E-state index >= 15 is 0 Å². The van der Waals surface area contributed by atoms with Crippen LogP contribution in [-0.4, -0.2) is 58.4 Å².